The van der Waals surface area contributed by atoms with Crippen LogP contribution in [0.25, 0.3) is 0 Å². The lowest BCUT2D eigenvalue weighted by Gasteiger charge is -2.14. The van der Waals surface area contributed by atoms with Crippen LogP contribution in [0.5, 0.6) is 0 Å². The Bertz CT molecular complexity index is 756. The molecule has 0 bridgehead atoms. The number of fused-ring (bicyclic) bond motifs is 1. The van der Waals surface area contributed by atoms with Gasteiger partial charge in [-0.25, -0.2) is 0 Å². The number of ketones is 1. The van der Waals surface area contributed by atoms with Gasteiger partial charge < -0.3 is 10.3 Å². The number of benzene rings is 1. The number of carbonyl (C=O) groups is 2. The van der Waals surface area contributed by atoms with E-state index in [1.807, 2.05) is 45.0 Å². The minimum atomic E-state index is -0.155. The first-order valence-corrected chi connectivity index (χ1v) is 8.09. The first kappa shape index (κ1) is 15.5. The topological polar surface area (TPSA) is 62.0 Å². The summed E-state index contributed by atoms with van der Waals surface area (Å²) in [6.45, 7) is 5.85. The summed E-state index contributed by atoms with van der Waals surface area (Å²) in [5.74, 6) is -0.0107. The van der Waals surface area contributed by atoms with E-state index in [4.69, 9.17) is 0 Å². The summed E-state index contributed by atoms with van der Waals surface area (Å²) in [4.78, 5) is 27.8. The van der Waals surface area contributed by atoms with Crippen LogP contribution < -0.4 is 5.32 Å². The van der Waals surface area contributed by atoms with Crippen LogP contribution >= 0.6 is 0 Å². The van der Waals surface area contributed by atoms with E-state index in [1.165, 1.54) is 5.56 Å². The van der Waals surface area contributed by atoms with Crippen molar-refractivity contribution in [2.75, 3.05) is 0 Å². The normalized spacial score (nSPS) is 15.2. The van der Waals surface area contributed by atoms with Crippen LogP contribution in [0.4, 0.5) is 0 Å². The van der Waals surface area contributed by atoms with Crippen LogP contribution in [0.1, 0.15) is 69.0 Å². The highest BCUT2D eigenvalue weighted by Gasteiger charge is 2.26. The van der Waals surface area contributed by atoms with Crippen molar-refractivity contribution in [2.24, 2.45) is 0 Å². The van der Waals surface area contributed by atoms with Gasteiger partial charge in [0.15, 0.2) is 5.78 Å². The number of hydrogen-bond donors (Lipinski definition) is 2. The molecule has 4 heteroatoms. The maximum Gasteiger partial charge on any atom is 0.268 e. The Kier molecular flexibility index (Phi) is 4.07. The number of carbonyl (C=O) groups excluding carboxylic acids is 2. The predicted octanol–water partition coefficient (Wildman–Crippen LogP) is 3.64. The molecule has 0 spiro atoms. The molecule has 1 aliphatic rings. The molecule has 1 aromatic carbocycles. The van der Waals surface area contributed by atoms with Crippen molar-refractivity contribution in [1.29, 1.82) is 0 Å². The molecule has 1 aliphatic carbocycles. The van der Waals surface area contributed by atoms with E-state index in [2.05, 4.69) is 10.3 Å². The van der Waals surface area contributed by atoms with Crippen molar-refractivity contribution in [3.8, 4) is 0 Å². The van der Waals surface area contributed by atoms with Crippen molar-refractivity contribution in [3.63, 3.8) is 0 Å². The fourth-order valence-electron chi connectivity index (χ4n) is 3.21. The molecule has 4 nitrogen and oxygen atoms in total. The molecule has 1 heterocycles. The lowest BCUT2D eigenvalue weighted by atomic mass is 9.94. The third kappa shape index (κ3) is 2.93. The Morgan fingerprint density at radius 1 is 1.17 bits per heavy atom. The quantitative estimate of drug-likeness (QED) is 0.909. The van der Waals surface area contributed by atoms with Gasteiger partial charge in [0.05, 0.1) is 6.04 Å². The van der Waals surface area contributed by atoms with Gasteiger partial charge in [-0.15, -0.1) is 0 Å². The number of rotatable bonds is 3. The molecule has 1 unspecified atom stereocenters. The van der Waals surface area contributed by atoms with Gasteiger partial charge in [0, 0.05) is 17.7 Å². The summed E-state index contributed by atoms with van der Waals surface area (Å²) < 4.78 is 0. The molecular formula is C19H22N2O2. The number of Topliss-reactive ketones (excluding diaryl/α,β-unsaturated/α-hetero) is 1. The molecule has 23 heavy (non-hydrogen) atoms. The minimum Gasteiger partial charge on any atom is -0.354 e. The molecule has 0 saturated carbocycles. The molecule has 0 saturated heterocycles. The van der Waals surface area contributed by atoms with Gasteiger partial charge in [-0.1, -0.05) is 29.8 Å². The standard InChI is InChI=1S/C19H22N2O2/c1-11-7-9-14(10-8-11)13(3)20-19(23)18-12(2)17-15(21-18)5-4-6-16(17)22/h7-10,13,21H,4-6H2,1-3H3,(H,20,23). The first-order valence-electron chi connectivity index (χ1n) is 8.09. The number of nitrogens with one attached hydrogen (secondary N) is 2. The summed E-state index contributed by atoms with van der Waals surface area (Å²) in [6, 6.07) is 8.04. The first-order chi connectivity index (χ1) is 11.0. The third-order valence-electron chi connectivity index (χ3n) is 4.59. The molecule has 0 radical (unpaired) electrons. The zero-order valence-corrected chi connectivity index (χ0v) is 13.8. The van der Waals surface area contributed by atoms with Crippen molar-refractivity contribution in [1.82, 2.24) is 10.3 Å². The number of aromatic nitrogens is 1. The smallest absolute Gasteiger partial charge is 0.268 e. The average molecular weight is 310 g/mol. The number of hydrogen-bond acceptors (Lipinski definition) is 2. The largest absolute Gasteiger partial charge is 0.354 e. The zero-order chi connectivity index (χ0) is 16.6. The summed E-state index contributed by atoms with van der Waals surface area (Å²) in [7, 11) is 0. The second-order valence-electron chi connectivity index (χ2n) is 6.36. The number of aryl methyl sites for hydroxylation is 2. The molecule has 1 amide bonds. The summed E-state index contributed by atoms with van der Waals surface area (Å²) >= 11 is 0. The van der Waals surface area contributed by atoms with E-state index in [-0.39, 0.29) is 17.7 Å². The Hall–Kier alpha value is -2.36. The zero-order valence-electron chi connectivity index (χ0n) is 13.8. The van der Waals surface area contributed by atoms with Crippen LogP contribution in [-0.4, -0.2) is 16.7 Å². The van der Waals surface area contributed by atoms with Crippen LogP contribution in [0.15, 0.2) is 24.3 Å². The summed E-state index contributed by atoms with van der Waals surface area (Å²) in [5.41, 5.74) is 5.19. The second-order valence-corrected chi connectivity index (χ2v) is 6.36. The van der Waals surface area contributed by atoms with E-state index < -0.39 is 0 Å². The van der Waals surface area contributed by atoms with Gasteiger partial charge in [-0.05, 0) is 44.7 Å². The maximum absolute atomic E-state index is 12.6. The lowest BCUT2D eigenvalue weighted by molar-refractivity contribution is 0.0934. The molecule has 1 atom stereocenters. The van der Waals surface area contributed by atoms with E-state index in [9.17, 15) is 9.59 Å². The van der Waals surface area contributed by atoms with Crippen LogP contribution in [0.2, 0.25) is 0 Å². The maximum atomic E-state index is 12.6. The predicted molar refractivity (Wildman–Crippen MR) is 89.9 cm³/mol. The fraction of sp³-hybridized carbons (Fsp3) is 0.368. The van der Waals surface area contributed by atoms with E-state index in [0.717, 1.165) is 35.2 Å². The highest BCUT2D eigenvalue weighted by Crippen LogP contribution is 2.26. The molecule has 1 aromatic heterocycles. The van der Waals surface area contributed by atoms with Gasteiger partial charge >= 0.3 is 0 Å². The molecule has 2 N–H and O–H groups in total. The van der Waals surface area contributed by atoms with Gasteiger partial charge in [0.1, 0.15) is 5.69 Å². The van der Waals surface area contributed by atoms with Crippen molar-refractivity contribution in [3.05, 3.63) is 57.9 Å². The van der Waals surface area contributed by atoms with Gasteiger partial charge in [0.25, 0.3) is 5.91 Å². The van der Waals surface area contributed by atoms with Crippen molar-refractivity contribution in [2.45, 2.75) is 46.1 Å². The SMILES string of the molecule is Cc1ccc(C(C)NC(=O)c2[nH]c3c(c2C)C(=O)CCC3)cc1. The lowest BCUT2D eigenvalue weighted by Crippen LogP contribution is -2.27. The summed E-state index contributed by atoms with van der Waals surface area (Å²) in [6.07, 6.45) is 2.27. The molecule has 0 fully saturated rings. The number of amides is 1. The van der Waals surface area contributed by atoms with Gasteiger partial charge in [0.2, 0.25) is 0 Å². The Balaban J connectivity index is 1.81. The number of H-pyrrole nitrogens is 1. The molecule has 0 aliphatic heterocycles. The second kappa shape index (κ2) is 6.03. The Labute approximate surface area is 136 Å². The molecule has 3 rings (SSSR count). The van der Waals surface area contributed by atoms with Crippen LogP contribution in [0.3, 0.4) is 0 Å². The summed E-state index contributed by atoms with van der Waals surface area (Å²) in [5, 5.41) is 3.02. The Morgan fingerprint density at radius 3 is 2.52 bits per heavy atom. The monoisotopic (exact) mass is 310 g/mol. The Morgan fingerprint density at radius 2 is 1.87 bits per heavy atom. The highest BCUT2D eigenvalue weighted by molar-refractivity contribution is 6.04. The number of aromatic amines is 1. The van der Waals surface area contributed by atoms with Crippen LogP contribution in [0, 0.1) is 13.8 Å². The van der Waals surface area contributed by atoms with Crippen molar-refractivity contribution < 1.29 is 9.59 Å². The van der Waals surface area contributed by atoms with E-state index in [0.29, 0.717) is 12.1 Å². The highest BCUT2D eigenvalue weighted by atomic mass is 16.2. The van der Waals surface area contributed by atoms with Crippen LogP contribution in [-0.2, 0) is 6.42 Å². The minimum absolute atomic E-state index is 0.0847. The molecule has 2 aromatic rings. The van der Waals surface area contributed by atoms with E-state index in [1.54, 1.807) is 0 Å². The third-order valence-corrected chi connectivity index (χ3v) is 4.59. The van der Waals surface area contributed by atoms with Gasteiger partial charge in [-0.3, -0.25) is 9.59 Å². The van der Waals surface area contributed by atoms with E-state index >= 15 is 0 Å². The average Bonchev–Trinajstić information content (AvgIpc) is 2.86. The molecular weight excluding hydrogens is 288 g/mol. The van der Waals surface area contributed by atoms with Gasteiger partial charge in [-0.2, -0.15) is 0 Å². The van der Waals surface area contributed by atoms with Crippen molar-refractivity contribution >= 4 is 11.7 Å². The fourth-order valence-corrected chi connectivity index (χ4v) is 3.21. The molecule has 120 valence electrons.